The molecule has 1 aromatic rings. The van der Waals surface area contributed by atoms with Gasteiger partial charge in [-0.3, -0.25) is 28.8 Å². The average molecular weight is 1070 g/mol. The third-order valence-corrected chi connectivity index (χ3v) is 14.8. The number of carbonyl (C=O) groups is 7. The number of amides is 6. The Labute approximate surface area is 416 Å². The highest BCUT2D eigenvalue weighted by Crippen LogP contribution is 2.30. The summed E-state index contributed by atoms with van der Waals surface area (Å²) in [6, 6.07) is 5.08. The van der Waals surface area contributed by atoms with E-state index in [-0.39, 0.29) is 66.6 Å². The van der Waals surface area contributed by atoms with Crippen molar-refractivity contribution in [1.82, 2.24) is 30.7 Å². The molecule has 0 aliphatic carbocycles. The van der Waals surface area contributed by atoms with Gasteiger partial charge in [-0.05, 0) is 49.0 Å². The minimum Gasteiger partial charge on any atom is -0.480 e. The Bertz CT molecular complexity index is 1740. The normalized spacial score (nSPS) is 17.5. The number of likely N-dealkylation sites (N-methyl/N-ethyl adjacent to an activating group) is 2. The van der Waals surface area contributed by atoms with Crippen LogP contribution in [0.1, 0.15) is 105 Å². The van der Waals surface area contributed by atoms with Gasteiger partial charge in [0.25, 0.3) is 0 Å². The summed E-state index contributed by atoms with van der Waals surface area (Å²) in [5, 5.41) is 19.7. The lowest BCUT2D eigenvalue weighted by atomic mass is 9.89. The number of nitrogens with zero attached hydrogens (tertiary/aromatic N) is 3. The Balaban J connectivity index is 2.19. The fourth-order valence-corrected chi connectivity index (χ4v) is 10.7. The largest absolute Gasteiger partial charge is 0.480 e. The van der Waals surface area contributed by atoms with Gasteiger partial charge in [0.1, 0.15) is 18.1 Å². The van der Waals surface area contributed by atoms with Crippen LogP contribution in [-0.4, -0.2) is 156 Å². The van der Waals surface area contributed by atoms with Crippen molar-refractivity contribution in [3.8, 4) is 0 Å². The molecule has 67 heavy (non-hydrogen) atoms. The first-order chi connectivity index (χ1) is 31.7. The second-order valence-corrected chi connectivity index (χ2v) is 20.0. The number of unbranched alkanes of at least 4 members (excludes halogenated alkanes) is 2. The van der Waals surface area contributed by atoms with Crippen molar-refractivity contribution in [3.63, 3.8) is 0 Å². The number of nitrogens with one attached hydrogen (secondary N) is 3. The maximum atomic E-state index is 14.6. The van der Waals surface area contributed by atoms with Crippen molar-refractivity contribution in [3.05, 3.63) is 35.9 Å². The van der Waals surface area contributed by atoms with E-state index in [4.69, 9.17) is 9.47 Å². The number of hydrogen-bond acceptors (Lipinski definition) is 9. The SMILES string of the molecule is CC[C@H](C)[C@@H]([C@@H](CC(=O)N1CCC[C@H]1[C@H](OC)[C@@H](C)C(=O)N[C@@H](Cc1ccccc1)C(=O)O)OC)N(C)C(=O)[C@@H](NC(=O)[C@H](C(C)C)N(C)C(=O)CCCCCNC(=O)C(CBr)CBr)C(C)C. The van der Waals surface area contributed by atoms with Crippen LogP contribution in [0.25, 0.3) is 0 Å². The number of hydrogen-bond donors (Lipinski definition) is 4. The standard InChI is InChI=1S/C49H80Br2N6O10/c1-12-32(6)43(38(66-10)27-40(59)57-25-19-22-37(57)44(67-11)33(7)45(60)53-36(49(64)65)26-34-20-15-13-16-21-34)56(9)48(63)41(30(2)3)54-47(62)42(31(4)5)55(8)39(58)23-17-14-18-24-52-46(61)35(28-50)29-51/h13,15-16,20-21,30-33,35-38,41-44H,12,14,17-19,22-29H2,1-11H3,(H,52,61)(H,53,60)(H,54,62)(H,64,65)/t32-,33+,36-,37-,38+,41-,42-,43-,44+/m0/s1. The minimum absolute atomic E-state index is 0.0297. The van der Waals surface area contributed by atoms with Crippen LogP contribution < -0.4 is 16.0 Å². The summed E-state index contributed by atoms with van der Waals surface area (Å²) in [7, 11) is 6.27. The van der Waals surface area contributed by atoms with Gasteiger partial charge in [-0.15, -0.1) is 0 Å². The Morgan fingerprint density at radius 1 is 0.836 bits per heavy atom. The second-order valence-electron chi connectivity index (χ2n) is 18.7. The van der Waals surface area contributed by atoms with Crippen molar-refractivity contribution >= 4 is 73.3 Å². The van der Waals surface area contributed by atoms with E-state index in [0.29, 0.717) is 49.4 Å². The first kappa shape index (κ1) is 59.5. The summed E-state index contributed by atoms with van der Waals surface area (Å²) in [5.41, 5.74) is 0.767. The van der Waals surface area contributed by atoms with Gasteiger partial charge >= 0.3 is 5.97 Å². The van der Waals surface area contributed by atoms with Crippen molar-refractivity contribution in [2.45, 2.75) is 149 Å². The molecule has 0 spiro atoms. The number of alkyl halides is 2. The van der Waals surface area contributed by atoms with Gasteiger partial charge in [-0.25, -0.2) is 4.79 Å². The number of benzene rings is 1. The Morgan fingerprint density at radius 2 is 1.48 bits per heavy atom. The molecule has 2 rings (SSSR count). The summed E-state index contributed by atoms with van der Waals surface area (Å²) in [5.74, 6) is -4.54. The van der Waals surface area contributed by atoms with E-state index in [1.807, 2.05) is 59.7 Å². The van der Waals surface area contributed by atoms with Crippen molar-refractivity contribution < 1.29 is 48.1 Å². The van der Waals surface area contributed by atoms with Crippen molar-refractivity contribution in [1.29, 1.82) is 0 Å². The average Bonchev–Trinajstić information content (AvgIpc) is 3.78. The highest BCUT2D eigenvalue weighted by atomic mass is 79.9. The molecule has 4 N–H and O–H groups in total. The Morgan fingerprint density at radius 3 is 2.01 bits per heavy atom. The maximum absolute atomic E-state index is 14.6. The lowest BCUT2D eigenvalue weighted by Crippen LogP contribution is -2.60. The quantitative estimate of drug-likeness (QED) is 0.0569. The molecule has 380 valence electrons. The number of carboxylic acids is 1. The molecule has 1 aromatic carbocycles. The molecular weight excluding hydrogens is 992 g/mol. The third-order valence-electron chi connectivity index (χ3n) is 13.2. The molecule has 0 aromatic heterocycles. The summed E-state index contributed by atoms with van der Waals surface area (Å²) in [6.45, 7) is 14.0. The molecule has 1 aliphatic rings. The molecular formula is C49H80Br2N6O10. The molecule has 1 fully saturated rings. The zero-order valence-electron chi connectivity index (χ0n) is 41.7. The zero-order valence-corrected chi connectivity index (χ0v) is 44.9. The molecule has 9 atom stereocenters. The van der Waals surface area contributed by atoms with Crippen LogP contribution in [0.15, 0.2) is 30.3 Å². The summed E-state index contributed by atoms with van der Waals surface area (Å²) < 4.78 is 11.9. The van der Waals surface area contributed by atoms with Crippen LogP contribution >= 0.6 is 31.9 Å². The molecule has 1 saturated heterocycles. The highest BCUT2D eigenvalue weighted by Gasteiger charge is 2.44. The molecule has 1 heterocycles. The van der Waals surface area contributed by atoms with Gasteiger partial charge in [-0.1, -0.05) is 123 Å². The van der Waals surface area contributed by atoms with Crippen LogP contribution in [0.3, 0.4) is 0 Å². The van der Waals surface area contributed by atoms with Crippen molar-refractivity contribution in [2.75, 3.05) is 52.1 Å². The van der Waals surface area contributed by atoms with E-state index in [9.17, 15) is 38.7 Å². The number of methoxy groups -OCH3 is 2. The van der Waals surface area contributed by atoms with Crippen molar-refractivity contribution in [2.24, 2.45) is 29.6 Å². The van der Waals surface area contributed by atoms with Gasteiger partial charge in [0.05, 0.1) is 42.5 Å². The number of likely N-dealkylation sites (tertiary alicyclic amines) is 1. The topological polar surface area (TPSA) is 204 Å². The van der Waals surface area contributed by atoms with Gasteiger partial charge < -0.3 is 45.2 Å². The number of carboxylic acid groups (broad SMARTS) is 1. The van der Waals surface area contributed by atoms with Crippen LogP contribution in [0.4, 0.5) is 0 Å². The lowest BCUT2D eigenvalue weighted by Gasteiger charge is -2.41. The maximum Gasteiger partial charge on any atom is 0.326 e. The van der Waals surface area contributed by atoms with E-state index in [0.717, 1.165) is 18.4 Å². The van der Waals surface area contributed by atoms with E-state index >= 15 is 0 Å². The first-order valence-corrected chi connectivity index (χ1v) is 26.1. The van der Waals surface area contributed by atoms with Crippen LogP contribution in [-0.2, 0) is 49.5 Å². The molecule has 0 unspecified atom stereocenters. The van der Waals surface area contributed by atoms with E-state index < -0.39 is 66.1 Å². The first-order valence-electron chi connectivity index (χ1n) is 23.8. The molecule has 18 heteroatoms. The Kier molecular flexibility index (Phi) is 26.7. The molecule has 6 amide bonds. The molecule has 16 nitrogen and oxygen atoms in total. The molecule has 0 bridgehead atoms. The molecule has 1 aliphatic heterocycles. The van der Waals surface area contributed by atoms with Crippen LogP contribution in [0.2, 0.25) is 0 Å². The number of ether oxygens (including phenoxy) is 2. The monoisotopic (exact) mass is 1070 g/mol. The van der Waals surface area contributed by atoms with Gasteiger partial charge in [0.2, 0.25) is 35.4 Å². The highest BCUT2D eigenvalue weighted by molar-refractivity contribution is 9.09. The van der Waals surface area contributed by atoms with Gasteiger partial charge in [0, 0.05) is 64.9 Å². The number of rotatable bonds is 30. The number of aliphatic carboxylic acids is 1. The molecule has 0 radical (unpaired) electrons. The second kappa shape index (κ2) is 30.1. The third kappa shape index (κ3) is 17.7. The summed E-state index contributed by atoms with van der Waals surface area (Å²) >= 11 is 6.70. The van der Waals surface area contributed by atoms with E-state index in [1.54, 1.807) is 43.0 Å². The van der Waals surface area contributed by atoms with Gasteiger partial charge in [-0.2, -0.15) is 0 Å². The summed E-state index contributed by atoms with van der Waals surface area (Å²) in [6.07, 6.45) is 2.75. The van der Waals surface area contributed by atoms with E-state index in [1.165, 1.54) is 19.1 Å². The minimum atomic E-state index is -1.16. The smallest absolute Gasteiger partial charge is 0.326 e. The van der Waals surface area contributed by atoms with Gasteiger partial charge in [0.15, 0.2) is 0 Å². The fraction of sp³-hybridized carbons (Fsp3) is 0.735. The zero-order chi connectivity index (χ0) is 50.5. The van der Waals surface area contributed by atoms with E-state index in [2.05, 4.69) is 47.8 Å². The molecule has 0 saturated carbocycles. The predicted octanol–water partition coefficient (Wildman–Crippen LogP) is 5.43. The summed E-state index contributed by atoms with van der Waals surface area (Å²) in [4.78, 5) is 99.2. The lowest BCUT2D eigenvalue weighted by molar-refractivity contribution is -0.149. The predicted molar refractivity (Wildman–Crippen MR) is 267 cm³/mol. The van der Waals surface area contributed by atoms with Crippen LogP contribution in [0, 0.1) is 29.6 Å². The Hall–Kier alpha value is -3.61. The van der Waals surface area contributed by atoms with Crippen LogP contribution in [0.5, 0.6) is 0 Å². The number of halogens is 2. The fourth-order valence-electron chi connectivity index (χ4n) is 9.00. The number of carbonyl (C=O) groups excluding carboxylic acids is 6.